The highest BCUT2D eigenvalue weighted by Crippen LogP contribution is 2.28. The third-order valence-electron chi connectivity index (χ3n) is 2.34. The van der Waals surface area contributed by atoms with Gasteiger partial charge in [-0.25, -0.2) is 17.9 Å². The van der Waals surface area contributed by atoms with Gasteiger partial charge in [-0.05, 0) is 11.6 Å². The summed E-state index contributed by atoms with van der Waals surface area (Å²) in [5.41, 5.74) is 0.879. The van der Waals surface area contributed by atoms with Crippen LogP contribution in [0.2, 0.25) is 0 Å². The van der Waals surface area contributed by atoms with Crippen LogP contribution in [0, 0.1) is 5.82 Å². The quantitative estimate of drug-likeness (QED) is 0.888. The summed E-state index contributed by atoms with van der Waals surface area (Å²) in [5, 5.41) is 5.03. The van der Waals surface area contributed by atoms with E-state index in [1.54, 1.807) is 30.3 Å². The third-order valence-corrected chi connectivity index (χ3v) is 3.32. The minimum Gasteiger partial charge on any atom is -0.225 e. The van der Waals surface area contributed by atoms with Crippen molar-refractivity contribution in [2.75, 3.05) is 0 Å². The van der Waals surface area contributed by atoms with Gasteiger partial charge in [-0.15, -0.1) is 0 Å². The van der Waals surface area contributed by atoms with E-state index in [9.17, 15) is 12.8 Å². The number of primary sulfonamides is 1. The number of hydrogen-bond acceptors (Lipinski definition) is 2. The van der Waals surface area contributed by atoms with Crippen molar-refractivity contribution >= 4 is 10.0 Å². The number of halogens is 1. The maximum atomic E-state index is 13.6. The monoisotopic (exact) mass is 251 g/mol. The number of benzene rings is 2. The van der Waals surface area contributed by atoms with Crippen LogP contribution in [0.3, 0.4) is 0 Å². The lowest BCUT2D eigenvalue weighted by molar-refractivity contribution is 0.569. The SMILES string of the molecule is NS(=O)(=O)c1c(F)cccc1-c1ccccc1. The van der Waals surface area contributed by atoms with E-state index in [-0.39, 0.29) is 5.56 Å². The summed E-state index contributed by atoms with van der Waals surface area (Å²) in [4.78, 5) is -0.466. The lowest BCUT2D eigenvalue weighted by atomic mass is 10.1. The second-order valence-corrected chi connectivity index (χ2v) is 5.03. The van der Waals surface area contributed by atoms with Gasteiger partial charge in [-0.3, -0.25) is 0 Å². The van der Waals surface area contributed by atoms with Crippen molar-refractivity contribution in [2.45, 2.75) is 4.90 Å². The molecule has 0 unspecified atom stereocenters. The first kappa shape index (κ1) is 11.8. The smallest absolute Gasteiger partial charge is 0.225 e. The van der Waals surface area contributed by atoms with Crippen LogP contribution in [-0.2, 0) is 10.0 Å². The van der Waals surface area contributed by atoms with Crippen molar-refractivity contribution in [3.63, 3.8) is 0 Å². The number of hydrogen-bond donors (Lipinski definition) is 1. The Balaban J connectivity index is 2.76. The maximum absolute atomic E-state index is 13.6. The first-order chi connectivity index (χ1) is 8.00. The Morgan fingerprint density at radius 1 is 0.941 bits per heavy atom. The summed E-state index contributed by atoms with van der Waals surface area (Å²) >= 11 is 0. The molecular formula is C12H10FNO2S. The molecular weight excluding hydrogens is 241 g/mol. The lowest BCUT2D eigenvalue weighted by Gasteiger charge is -2.08. The standard InChI is InChI=1S/C12H10FNO2S/c13-11-8-4-7-10(12(11)17(14,15)16)9-5-2-1-3-6-9/h1-8H,(H2,14,15,16). The van der Waals surface area contributed by atoms with Crippen molar-refractivity contribution in [2.24, 2.45) is 5.14 Å². The van der Waals surface area contributed by atoms with Crippen molar-refractivity contribution < 1.29 is 12.8 Å². The third kappa shape index (κ3) is 2.35. The molecule has 88 valence electrons. The van der Waals surface area contributed by atoms with Gasteiger partial charge in [0.2, 0.25) is 10.0 Å². The molecule has 2 aromatic rings. The minimum absolute atomic E-state index is 0.271. The van der Waals surface area contributed by atoms with Crippen LogP contribution >= 0.6 is 0 Å². The van der Waals surface area contributed by atoms with E-state index in [2.05, 4.69) is 0 Å². The molecule has 0 heterocycles. The van der Waals surface area contributed by atoms with E-state index in [0.717, 1.165) is 6.07 Å². The molecule has 0 amide bonds. The number of rotatable bonds is 2. The molecule has 0 saturated carbocycles. The van der Waals surface area contributed by atoms with Gasteiger partial charge in [0.05, 0.1) is 0 Å². The van der Waals surface area contributed by atoms with Crippen LogP contribution in [0.4, 0.5) is 4.39 Å². The van der Waals surface area contributed by atoms with Crippen molar-refractivity contribution in [1.82, 2.24) is 0 Å². The topological polar surface area (TPSA) is 60.2 Å². The van der Waals surface area contributed by atoms with E-state index in [0.29, 0.717) is 5.56 Å². The van der Waals surface area contributed by atoms with Gasteiger partial charge in [0.1, 0.15) is 10.7 Å². The van der Waals surface area contributed by atoms with Crippen molar-refractivity contribution in [3.05, 3.63) is 54.3 Å². The summed E-state index contributed by atoms with van der Waals surface area (Å²) in [6.07, 6.45) is 0. The molecule has 0 aliphatic heterocycles. The molecule has 17 heavy (non-hydrogen) atoms. The summed E-state index contributed by atoms with van der Waals surface area (Å²) in [5.74, 6) is -0.839. The van der Waals surface area contributed by atoms with E-state index in [4.69, 9.17) is 5.14 Å². The molecule has 5 heteroatoms. The predicted octanol–water partition coefficient (Wildman–Crippen LogP) is 2.14. The Labute approximate surface area is 98.8 Å². The Kier molecular flexibility index (Phi) is 2.95. The maximum Gasteiger partial charge on any atom is 0.241 e. The molecule has 0 bridgehead atoms. The number of nitrogens with two attached hydrogens (primary N) is 1. The van der Waals surface area contributed by atoms with E-state index < -0.39 is 20.7 Å². The highest BCUT2D eigenvalue weighted by molar-refractivity contribution is 7.89. The fourth-order valence-electron chi connectivity index (χ4n) is 1.64. The van der Waals surface area contributed by atoms with Gasteiger partial charge in [0.25, 0.3) is 0 Å². The Bertz CT molecular complexity index is 639. The minimum atomic E-state index is -4.09. The summed E-state index contributed by atoms with van der Waals surface area (Å²) in [6.45, 7) is 0. The average Bonchev–Trinajstić information content (AvgIpc) is 2.28. The van der Waals surface area contributed by atoms with Gasteiger partial charge in [0, 0.05) is 5.56 Å². The van der Waals surface area contributed by atoms with E-state index in [1.165, 1.54) is 12.1 Å². The Morgan fingerprint density at radius 2 is 1.59 bits per heavy atom. The van der Waals surface area contributed by atoms with Crippen molar-refractivity contribution in [3.8, 4) is 11.1 Å². The molecule has 0 aromatic heterocycles. The van der Waals surface area contributed by atoms with Gasteiger partial charge in [-0.1, -0.05) is 42.5 Å². The fraction of sp³-hybridized carbons (Fsp3) is 0. The van der Waals surface area contributed by atoms with Crippen LogP contribution in [0.25, 0.3) is 11.1 Å². The fourth-order valence-corrected chi connectivity index (χ4v) is 2.48. The molecule has 0 spiro atoms. The van der Waals surface area contributed by atoms with Gasteiger partial charge < -0.3 is 0 Å². The van der Waals surface area contributed by atoms with Crippen LogP contribution in [0.15, 0.2) is 53.4 Å². The van der Waals surface area contributed by atoms with Gasteiger partial charge >= 0.3 is 0 Å². The first-order valence-electron chi connectivity index (χ1n) is 4.87. The molecule has 2 rings (SSSR count). The van der Waals surface area contributed by atoms with E-state index >= 15 is 0 Å². The molecule has 3 nitrogen and oxygen atoms in total. The first-order valence-corrected chi connectivity index (χ1v) is 6.41. The molecule has 0 aliphatic carbocycles. The predicted molar refractivity (Wildman–Crippen MR) is 63.2 cm³/mol. The van der Waals surface area contributed by atoms with Crippen LogP contribution in [0.5, 0.6) is 0 Å². The normalized spacial score (nSPS) is 11.4. The van der Waals surface area contributed by atoms with E-state index in [1.807, 2.05) is 0 Å². The molecule has 0 saturated heterocycles. The Hall–Kier alpha value is -1.72. The van der Waals surface area contributed by atoms with Crippen LogP contribution in [-0.4, -0.2) is 8.42 Å². The molecule has 0 atom stereocenters. The zero-order valence-electron chi connectivity index (χ0n) is 8.80. The molecule has 2 N–H and O–H groups in total. The molecule has 0 fully saturated rings. The highest BCUT2D eigenvalue weighted by Gasteiger charge is 2.19. The highest BCUT2D eigenvalue weighted by atomic mass is 32.2. The zero-order valence-corrected chi connectivity index (χ0v) is 9.62. The zero-order chi connectivity index (χ0) is 12.5. The summed E-state index contributed by atoms with van der Waals surface area (Å²) in [7, 11) is -4.09. The molecule has 0 radical (unpaired) electrons. The summed E-state index contributed by atoms with van der Waals surface area (Å²) in [6, 6.07) is 12.7. The largest absolute Gasteiger partial charge is 0.241 e. The second-order valence-electron chi connectivity index (χ2n) is 3.53. The van der Waals surface area contributed by atoms with Crippen LogP contribution in [0.1, 0.15) is 0 Å². The van der Waals surface area contributed by atoms with Crippen molar-refractivity contribution in [1.29, 1.82) is 0 Å². The summed E-state index contributed by atoms with van der Waals surface area (Å²) < 4.78 is 36.3. The molecule has 2 aromatic carbocycles. The Morgan fingerprint density at radius 3 is 2.18 bits per heavy atom. The van der Waals surface area contributed by atoms with Gasteiger partial charge in [0.15, 0.2) is 0 Å². The second kappa shape index (κ2) is 4.27. The lowest BCUT2D eigenvalue weighted by Crippen LogP contribution is -2.15. The number of sulfonamides is 1. The molecule has 0 aliphatic rings. The average molecular weight is 251 g/mol. The van der Waals surface area contributed by atoms with Crippen LogP contribution < -0.4 is 5.14 Å². The van der Waals surface area contributed by atoms with Gasteiger partial charge in [-0.2, -0.15) is 0 Å².